The second-order valence-electron chi connectivity index (χ2n) is 17.6. The second kappa shape index (κ2) is 28.4. The van der Waals surface area contributed by atoms with Crippen LogP contribution in [0.25, 0.3) is 0 Å². The monoisotopic (exact) mass is 1130 g/mol. The molecule has 7 rings (SSSR count). The fourth-order valence-corrected chi connectivity index (χ4v) is 11.0. The van der Waals surface area contributed by atoms with Crippen LogP contribution in [0.5, 0.6) is 11.5 Å². The van der Waals surface area contributed by atoms with Crippen molar-refractivity contribution in [3.8, 4) is 11.5 Å². The van der Waals surface area contributed by atoms with Gasteiger partial charge in [0.1, 0.15) is 33.5 Å². The fourth-order valence-electron chi connectivity index (χ4n) is 7.62. The number of nitrogens with one attached hydrogen (secondary N) is 4. The summed E-state index contributed by atoms with van der Waals surface area (Å²) in [6, 6.07) is 28.0. The largest absolute Gasteiger partial charge is 0.492 e. The number of para-hydroxylation sites is 1. The Hall–Kier alpha value is -5.75. The molecule has 0 bridgehead atoms. The summed E-state index contributed by atoms with van der Waals surface area (Å²) in [5.41, 5.74) is 7.19. The Labute approximate surface area is 467 Å². The van der Waals surface area contributed by atoms with Crippen molar-refractivity contribution in [2.24, 2.45) is 10.1 Å². The van der Waals surface area contributed by atoms with Gasteiger partial charge in [0.05, 0.1) is 49.3 Å². The summed E-state index contributed by atoms with van der Waals surface area (Å²) in [5.74, 6) is 0.572. The molecule has 4 N–H and O–H groups in total. The maximum absolute atomic E-state index is 13.9. The average Bonchev–Trinajstić information content (AvgIpc) is 3.81. The van der Waals surface area contributed by atoms with Gasteiger partial charge in [0.2, 0.25) is 5.91 Å². The number of amidine groups is 1. The molecule has 0 saturated carbocycles. The van der Waals surface area contributed by atoms with E-state index in [9.17, 15) is 19.2 Å². The molecule has 2 heterocycles. The molecule has 1 saturated heterocycles. The minimum absolute atomic E-state index is 0.0109. The number of aliphatic imine (C=N–C) groups is 1. The van der Waals surface area contributed by atoms with Gasteiger partial charge in [-0.05, 0) is 105 Å². The van der Waals surface area contributed by atoms with E-state index in [1.54, 1.807) is 42.5 Å². The van der Waals surface area contributed by atoms with Gasteiger partial charge in [0, 0.05) is 41.9 Å². The zero-order valence-corrected chi connectivity index (χ0v) is 47.2. The van der Waals surface area contributed by atoms with Crippen molar-refractivity contribution in [2.45, 2.75) is 113 Å². The highest BCUT2D eigenvalue weighted by atomic mass is 35.5. The Balaban J connectivity index is 0.000000246. The number of benzene rings is 5. The van der Waals surface area contributed by atoms with Crippen LogP contribution in [0.3, 0.4) is 0 Å². The summed E-state index contributed by atoms with van der Waals surface area (Å²) in [7, 11) is 0. The lowest BCUT2D eigenvalue weighted by molar-refractivity contribution is -0.117. The number of hydrazine groups is 1. The molecule has 75 heavy (non-hydrogen) atoms. The zero-order chi connectivity index (χ0) is 54.2. The molecule has 14 nitrogen and oxygen atoms in total. The van der Waals surface area contributed by atoms with Crippen molar-refractivity contribution in [2.75, 3.05) is 28.5 Å². The number of amides is 4. The number of nitrogens with zero attached hydrogens (tertiary/aromatic N) is 4. The smallest absolute Gasteiger partial charge is 0.267 e. The minimum atomic E-state index is -0.830. The van der Waals surface area contributed by atoms with Gasteiger partial charge >= 0.3 is 0 Å². The number of ether oxygens (including phenoxy) is 2. The molecule has 0 aromatic heterocycles. The number of thioether (sulfide) groups is 2. The van der Waals surface area contributed by atoms with Gasteiger partial charge in [-0.15, -0.1) is 23.5 Å². The Kier molecular flexibility index (Phi) is 22.2. The second-order valence-corrected chi connectivity index (χ2v) is 21.5. The zero-order valence-electron chi connectivity index (χ0n) is 42.5. The molecular weight excluding hydrogens is 1070 g/mol. The van der Waals surface area contributed by atoms with E-state index in [0.717, 1.165) is 41.0 Å². The standard InChI is InChI=1S/C28H26Cl4N4O3S.C27H34N4O3S/c1-4-5-10-38-23-9-6-15(2)11-24(23)40-26-27(34-22-14-18(39-16(3)33)7-8-19(22)30)35-36(28(26)37)25-20(31)12-17(29)13-21(25)32;1-4-5-6-7-8-11-18-28-26(33)21-14-16-22(17-15-21)31-27(34)25(19(2)30-31)35-24-13-10-9-12-23(24)29-20(3)32/h6-9,11-14,26,33H,4-5,10H2,1-3H3,(H,34,35);9-10,12-17,25H,4-8,11,18H2,1-3H3,(H,28,33)(H,29,32). The molecular formula is C55H60Cl4N8O6S2. The van der Waals surface area contributed by atoms with E-state index in [-0.39, 0.29) is 45.3 Å². The molecule has 2 unspecified atom stereocenters. The molecule has 1 fully saturated rings. The summed E-state index contributed by atoms with van der Waals surface area (Å²) in [6.07, 6.45) is 8.97. The van der Waals surface area contributed by atoms with Crippen LogP contribution in [-0.4, -0.2) is 64.7 Å². The molecule has 20 heteroatoms. The predicted molar refractivity (Wildman–Crippen MR) is 309 cm³/mol. The van der Waals surface area contributed by atoms with Crippen LogP contribution >= 0.6 is 69.9 Å². The number of hydrogen-bond acceptors (Lipinski definition) is 11. The number of halogens is 4. The van der Waals surface area contributed by atoms with E-state index >= 15 is 0 Å². The van der Waals surface area contributed by atoms with Crippen LogP contribution < -0.4 is 35.6 Å². The lowest BCUT2D eigenvalue weighted by atomic mass is 10.1. The van der Waals surface area contributed by atoms with Gasteiger partial charge in [0.15, 0.2) is 5.90 Å². The van der Waals surface area contributed by atoms with Gasteiger partial charge in [-0.3, -0.25) is 30.0 Å². The highest BCUT2D eigenvalue weighted by Gasteiger charge is 2.42. The van der Waals surface area contributed by atoms with E-state index in [2.05, 4.69) is 35.0 Å². The van der Waals surface area contributed by atoms with Crippen molar-refractivity contribution < 1.29 is 28.7 Å². The lowest BCUT2D eigenvalue weighted by Gasteiger charge is -2.19. The van der Waals surface area contributed by atoms with Crippen LogP contribution in [0.15, 0.2) is 117 Å². The molecule has 0 aliphatic carbocycles. The van der Waals surface area contributed by atoms with Gasteiger partial charge < -0.3 is 20.1 Å². The van der Waals surface area contributed by atoms with Gasteiger partial charge in [-0.2, -0.15) is 10.1 Å². The van der Waals surface area contributed by atoms with E-state index < -0.39 is 10.5 Å². The first-order chi connectivity index (χ1) is 36.0. The quantitative estimate of drug-likeness (QED) is 0.0316. The Morgan fingerprint density at radius 3 is 2.15 bits per heavy atom. The lowest BCUT2D eigenvalue weighted by Crippen LogP contribution is -2.36. The number of hydrogen-bond donors (Lipinski definition) is 4. The molecule has 2 aliphatic heterocycles. The maximum Gasteiger partial charge on any atom is 0.267 e. The van der Waals surface area contributed by atoms with Crippen LogP contribution in [0.1, 0.15) is 102 Å². The van der Waals surface area contributed by atoms with Crippen molar-refractivity contribution in [3.63, 3.8) is 0 Å². The van der Waals surface area contributed by atoms with E-state index in [0.29, 0.717) is 68.9 Å². The fraction of sp³-hybridized carbons (Fsp3) is 0.327. The first-order valence-electron chi connectivity index (χ1n) is 24.5. The molecule has 2 atom stereocenters. The molecule has 0 spiro atoms. The summed E-state index contributed by atoms with van der Waals surface area (Å²) in [6.45, 7) is 12.3. The summed E-state index contributed by atoms with van der Waals surface area (Å²) >= 11 is 28.2. The average molecular weight is 1140 g/mol. The maximum atomic E-state index is 13.9. The number of hydrazone groups is 1. The Bertz CT molecular complexity index is 2920. The SMILES string of the molecule is CCCCCCCCNC(=O)c1ccc(N2N=C(C)C(Sc3ccccc3NC(C)=O)C2=O)cc1.CCCCOc1ccc(C)cc1SC1C(=O)N(c2c(Cl)cc(Cl)cc2Cl)NC1=Nc1cc(OC(C)=N)ccc1Cl. The van der Waals surface area contributed by atoms with Gasteiger partial charge in [-0.25, -0.2) is 10.0 Å². The minimum Gasteiger partial charge on any atom is -0.492 e. The Morgan fingerprint density at radius 2 is 1.45 bits per heavy atom. The van der Waals surface area contributed by atoms with Crippen LogP contribution in [-0.2, 0) is 14.4 Å². The highest BCUT2D eigenvalue weighted by Crippen LogP contribution is 2.43. The molecule has 396 valence electrons. The molecule has 5 aromatic rings. The number of aryl methyl sites for hydroxylation is 1. The van der Waals surface area contributed by atoms with Gasteiger partial charge in [0.25, 0.3) is 17.7 Å². The summed E-state index contributed by atoms with van der Waals surface area (Å²) in [4.78, 5) is 57.4. The van der Waals surface area contributed by atoms with Crippen molar-refractivity contribution in [3.05, 3.63) is 128 Å². The first kappa shape index (κ1) is 58.5. The third-order valence-corrected chi connectivity index (χ3v) is 15.1. The normalized spacial score (nSPS) is 15.5. The van der Waals surface area contributed by atoms with Crippen LogP contribution in [0.2, 0.25) is 20.1 Å². The summed E-state index contributed by atoms with van der Waals surface area (Å²) < 4.78 is 11.5. The molecule has 5 aromatic carbocycles. The van der Waals surface area contributed by atoms with Crippen molar-refractivity contribution in [1.82, 2.24) is 10.7 Å². The van der Waals surface area contributed by atoms with E-state index in [1.165, 1.54) is 85.2 Å². The first-order valence-corrected chi connectivity index (χ1v) is 27.8. The van der Waals surface area contributed by atoms with E-state index in [4.69, 9.17) is 66.3 Å². The van der Waals surface area contributed by atoms with E-state index in [1.807, 2.05) is 56.3 Å². The highest BCUT2D eigenvalue weighted by molar-refractivity contribution is 8.01. The number of unbranched alkanes of at least 4 members (excludes halogenated alkanes) is 6. The predicted octanol–water partition coefficient (Wildman–Crippen LogP) is 14.5. The number of anilines is 3. The third kappa shape index (κ3) is 16.4. The number of carbonyl (C=O) groups excluding carboxylic acids is 4. The van der Waals surface area contributed by atoms with Crippen LogP contribution in [0, 0.1) is 12.3 Å². The summed E-state index contributed by atoms with van der Waals surface area (Å²) in [5, 5.41) is 20.2. The third-order valence-electron chi connectivity index (χ3n) is 11.4. The molecule has 2 aliphatic rings. The number of carbonyl (C=O) groups is 4. The molecule has 4 amide bonds. The van der Waals surface area contributed by atoms with Crippen molar-refractivity contribution in [1.29, 1.82) is 5.41 Å². The Morgan fingerprint density at radius 1 is 0.773 bits per heavy atom. The topological polar surface area (TPSA) is 178 Å². The number of rotatable bonds is 21. The van der Waals surface area contributed by atoms with Gasteiger partial charge in [-0.1, -0.05) is 117 Å². The van der Waals surface area contributed by atoms with Crippen LogP contribution in [0.4, 0.5) is 22.7 Å². The molecule has 0 radical (unpaired) electrons. The van der Waals surface area contributed by atoms with Crippen molar-refractivity contribution >= 4 is 134 Å².